The maximum atomic E-state index is 13.8. The second-order valence-electron chi connectivity index (χ2n) is 6.07. The summed E-state index contributed by atoms with van der Waals surface area (Å²) in [6.45, 7) is 8.85. The van der Waals surface area contributed by atoms with Gasteiger partial charge in [-0.1, -0.05) is 32.9 Å². The molecular weight excluding hydrogens is 229 g/mol. The third-order valence-electron chi connectivity index (χ3n) is 2.69. The van der Waals surface area contributed by atoms with Gasteiger partial charge in [-0.15, -0.1) is 0 Å². The fourth-order valence-electron chi connectivity index (χ4n) is 1.68. The Labute approximate surface area is 109 Å². The number of rotatable bonds is 5. The molecule has 102 valence electrons. The van der Waals surface area contributed by atoms with E-state index in [4.69, 9.17) is 10.5 Å². The van der Waals surface area contributed by atoms with Crippen molar-refractivity contribution in [2.24, 2.45) is 11.1 Å². The zero-order valence-corrected chi connectivity index (χ0v) is 11.8. The standard InChI is InChI=1S/C15H24FNO/c1-11(17)10-12-6-5-7-13(16)14(12)18-9-8-15(2,3)4/h5-7,11H,8-10,17H2,1-4H3. The summed E-state index contributed by atoms with van der Waals surface area (Å²) in [5.74, 6) is 0.0566. The molecule has 0 amide bonds. The molecule has 0 spiro atoms. The highest BCUT2D eigenvalue weighted by molar-refractivity contribution is 5.35. The van der Waals surface area contributed by atoms with Gasteiger partial charge in [0.15, 0.2) is 11.6 Å². The van der Waals surface area contributed by atoms with E-state index < -0.39 is 0 Å². The van der Waals surface area contributed by atoms with Crippen molar-refractivity contribution in [1.82, 2.24) is 0 Å². The van der Waals surface area contributed by atoms with Gasteiger partial charge in [0.2, 0.25) is 0 Å². The van der Waals surface area contributed by atoms with Crippen molar-refractivity contribution in [3.8, 4) is 5.75 Å². The van der Waals surface area contributed by atoms with Crippen molar-refractivity contribution in [2.45, 2.75) is 46.6 Å². The first-order chi connectivity index (χ1) is 8.29. The number of para-hydroxylation sites is 1. The molecule has 0 saturated carbocycles. The molecule has 0 aliphatic carbocycles. The summed E-state index contributed by atoms with van der Waals surface area (Å²) in [5, 5.41) is 0. The van der Waals surface area contributed by atoms with E-state index in [0.717, 1.165) is 12.0 Å². The van der Waals surface area contributed by atoms with Crippen molar-refractivity contribution in [3.05, 3.63) is 29.6 Å². The molecule has 0 heterocycles. The predicted octanol–water partition coefficient (Wildman–Crippen LogP) is 3.53. The van der Waals surface area contributed by atoms with Crippen LogP contribution in [0.3, 0.4) is 0 Å². The summed E-state index contributed by atoms with van der Waals surface area (Å²) < 4.78 is 19.4. The van der Waals surface area contributed by atoms with Crippen molar-refractivity contribution in [3.63, 3.8) is 0 Å². The maximum Gasteiger partial charge on any atom is 0.165 e. The van der Waals surface area contributed by atoms with Gasteiger partial charge < -0.3 is 10.5 Å². The van der Waals surface area contributed by atoms with Crippen LogP contribution in [0.25, 0.3) is 0 Å². The van der Waals surface area contributed by atoms with Crippen LogP contribution < -0.4 is 10.5 Å². The van der Waals surface area contributed by atoms with Crippen LogP contribution in [0.15, 0.2) is 18.2 Å². The SMILES string of the molecule is CC(N)Cc1cccc(F)c1OCCC(C)(C)C. The fourth-order valence-corrected chi connectivity index (χ4v) is 1.68. The fraction of sp³-hybridized carbons (Fsp3) is 0.600. The van der Waals surface area contributed by atoms with E-state index in [1.54, 1.807) is 6.07 Å². The smallest absolute Gasteiger partial charge is 0.165 e. The number of ether oxygens (including phenoxy) is 1. The minimum Gasteiger partial charge on any atom is -0.490 e. The minimum absolute atomic E-state index is 0.00299. The Hall–Kier alpha value is -1.09. The van der Waals surface area contributed by atoms with E-state index in [9.17, 15) is 4.39 Å². The summed E-state index contributed by atoms with van der Waals surface area (Å²) in [4.78, 5) is 0. The van der Waals surface area contributed by atoms with Gasteiger partial charge in [-0.25, -0.2) is 4.39 Å². The number of nitrogens with two attached hydrogens (primary N) is 1. The van der Waals surface area contributed by atoms with Crippen LogP contribution in [0.5, 0.6) is 5.75 Å². The van der Waals surface area contributed by atoms with E-state index in [1.807, 2.05) is 13.0 Å². The second-order valence-corrected chi connectivity index (χ2v) is 6.07. The molecule has 2 nitrogen and oxygen atoms in total. The lowest BCUT2D eigenvalue weighted by Gasteiger charge is -2.19. The van der Waals surface area contributed by atoms with Gasteiger partial charge in [0.25, 0.3) is 0 Å². The largest absolute Gasteiger partial charge is 0.490 e. The lowest BCUT2D eigenvalue weighted by Crippen LogP contribution is -2.19. The Morgan fingerprint density at radius 2 is 2.00 bits per heavy atom. The monoisotopic (exact) mass is 253 g/mol. The van der Waals surface area contributed by atoms with E-state index in [0.29, 0.717) is 18.8 Å². The number of halogens is 1. The van der Waals surface area contributed by atoms with Crippen molar-refractivity contribution in [2.75, 3.05) is 6.61 Å². The first-order valence-electron chi connectivity index (χ1n) is 6.45. The molecule has 0 aromatic heterocycles. The molecule has 3 heteroatoms. The molecular formula is C15H24FNO. The third kappa shape index (κ3) is 5.05. The lowest BCUT2D eigenvalue weighted by molar-refractivity contribution is 0.233. The Balaban J connectivity index is 2.73. The predicted molar refractivity (Wildman–Crippen MR) is 73.3 cm³/mol. The Morgan fingerprint density at radius 3 is 2.56 bits per heavy atom. The summed E-state index contributed by atoms with van der Waals surface area (Å²) in [6.07, 6.45) is 1.52. The Morgan fingerprint density at radius 1 is 1.33 bits per heavy atom. The molecule has 0 aliphatic heterocycles. The van der Waals surface area contributed by atoms with Gasteiger partial charge in [-0.05, 0) is 36.8 Å². The normalized spacial score (nSPS) is 13.4. The number of hydrogen-bond donors (Lipinski definition) is 1. The average molecular weight is 253 g/mol. The molecule has 1 aromatic rings. The van der Waals surface area contributed by atoms with Crippen LogP contribution in [0.4, 0.5) is 4.39 Å². The van der Waals surface area contributed by atoms with E-state index in [-0.39, 0.29) is 17.3 Å². The Kier molecular flexibility index (Phi) is 5.15. The van der Waals surface area contributed by atoms with Gasteiger partial charge in [0.1, 0.15) is 0 Å². The maximum absolute atomic E-state index is 13.8. The lowest BCUT2D eigenvalue weighted by atomic mass is 9.93. The second kappa shape index (κ2) is 6.19. The molecule has 1 unspecified atom stereocenters. The van der Waals surface area contributed by atoms with Crippen molar-refractivity contribution in [1.29, 1.82) is 0 Å². The van der Waals surface area contributed by atoms with Crippen LogP contribution in [-0.4, -0.2) is 12.6 Å². The molecule has 2 N–H and O–H groups in total. The van der Waals surface area contributed by atoms with Crippen LogP contribution in [0, 0.1) is 11.2 Å². The molecule has 0 bridgehead atoms. The summed E-state index contributed by atoms with van der Waals surface area (Å²) in [7, 11) is 0. The van der Waals surface area contributed by atoms with Crippen molar-refractivity contribution >= 4 is 0 Å². The van der Waals surface area contributed by atoms with E-state index in [2.05, 4.69) is 20.8 Å². The minimum atomic E-state index is -0.304. The van der Waals surface area contributed by atoms with Gasteiger partial charge in [-0.2, -0.15) is 0 Å². The van der Waals surface area contributed by atoms with Gasteiger partial charge in [-0.3, -0.25) is 0 Å². The summed E-state index contributed by atoms with van der Waals surface area (Å²) in [5.41, 5.74) is 6.80. The summed E-state index contributed by atoms with van der Waals surface area (Å²) in [6, 6.07) is 5.00. The van der Waals surface area contributed by atoms with Crippen LogP contribution in [-0.2, 0) is 6.42 Å². The molecule has 0 aliphatic rings. The third-order valence-corrected chi connectivity index (χ3v) is 2.69. The zero-order valence-electron chi connectivity index (χ0n) is 11.8. The van der Waals surface area contributed by atoms with Crippen molar-refractivity contribution < 1.29 is 9.13 Å². The Bertz CT molecular complexity index is 383. The van der Waals surface area contributed by atoms with Gasteiger partial charge >= 0.3 is 0 Å². The average Bonchev–Trinajstić information content (AvgIpc) is 2.19. The molecule has 1 rings (SSSR count). The first kappa shape index (κ1) is 15.0. The molecule has 0 saturated heterocycles. The first-order valence-corrected chi connectivity index (χ1v) is 6.45. The van der Waals surface area contributed by atoms with Gasteiger partial charge in [0, 0.05) is 6.04 Å². The molecule has 18 heavy (non-hydrogen) atoms. The van der Waals surface area contributed by atoms with Gasteiger partial charge in [0.05, 0.1) is 6.61 Å². The highest BCUT2D eigenvalue weighted by atomic mass is 19.1. The van der Waals surface area contributed by atoms with Crippen LogP contribution in [0.2, 0.25) is 0 Å². The number of hydrogen-bond acceptors (Lipinski definition) is 2. The van der Waals surface area contributed by atoms with E-state index in [1.165, 1.54) is 6.07 Å². The molecule has 1 atom stereocenters. The van der Waals surface area contributed by atoms with Crippen LogP contribution in [0.1, 0.15) is 39.7 Å². The molecule has 0 fully saturated rings. The highest BCUT2D eigenvalue weighted by Gasteiger charge is 2.14. The van der Waals surface area contributed by atoms with Crippen LogP contribution >= 0.6 is 0 Å². The molecule has 1 aromatic carbocycles. The zero-order chi connectivity index (χ0) is 13.8. The highest BCUT2D eigenvalue weighted by Crippen LogP contribution is 2.25. The van der Waals surface area contributed by atoms with E-state index >= 15 is 0 Å². The molecule has 0 radical (unpaired) electrons. The quantitative estimate of drug-likeness (QED) is 0.871. The summed E-state index contributed by atoms with van der Waals surface area (Å²) >= 11 is 0. The number of benzene rings is 1. The topological polar surface area (TPSA) is 35.2 Å².